The molecule has 1 unspecified atom stereocenters. The van der Waals surface area contributed by atoms with E-state index in [0.717, 1.165) is 11.3 Å². The van der Waals surface area contributed by atoms with Crippen molar-refractivity contribution in [3.8, 4) is 11.5 Å². The fourth-order valence-corrected chi connectivity index (χ4v) is 4.00. The van der Waals surface area contributed by atoms with Crippen LogP contribution in [0.15, 0.2) is 18.2 Å². The first-order valence-corrected chi connectivity index (χ1v) is 15.5. The summed E-state index contributed by atoms with van der Waals surface area (Å²) in [6.45, 7) is 23.7. The van der Waals surface area contributed by atoms with Crippen molar-refractivity contribution in [1.82, 2.24) is 0 Å². The maximum absolute atomic E-state index is 11.4. The minimum absolute atomic E-state index is 0. The van der Waals surface area contributed by atoms with Crippen molar-refractivity contribution in [2.45, 2.75) is 90.6 Å². The molecule has 1 aromatic rings. The van der Waals surface area contributed by atoms with E-state index in [1.807, 2.05) is 18.2 Å². The third-order valence-electron chi connectivity index (χ3n) is 6.18. The Morgan fingerprint density at radius 2 is 1.29 bits per heavy atom. The van der Waals surface area contributed by atoms with Crippen LogP contribution >= 0.6 is 0 Å². The molecule has 0 amide bonds. The van der Waals surface area contributed by atoms with Gasteiger partial charge in [-0.2, -0.15) is 0 Å². The zero-order chi connectivity index (χ0) is 21.4. The van der Waals surface area contributed by atoms with Crippen molar-refractivity contribution in [1.29, 1.82) is 0 Å². The van der Waals surface area contributed by atoms with Gasteiger partial charge in [0, 0.05) is 0 Å². The van der Waals surface area contributed by atoms with Crippen LogP contribution in [0.1, 0.15) is 59.9 Å². The first kappa shape index (κ1) is 27.7. The van der Waals surface area contributed by atoms with Gasteiger partial charge in [-0.05, 0) is 60.9 Å². The van der Waals surface area contributed by atoms with E-state index in [2.05, 4.69) is 67.7 Å². The van der Waals surface area contributed by atoms with Gasteiger partial charge in [-0.25, -0.2) is 0 Å². The topological polar surface area (TPSA) is 55.8 Å². The molecule has 0 saturated carbocycles. The number of carboxylic acid groups (broad SMARTS) is 1. The summed E-state index contributed by atoms with van der Waals surface area (Å²) in [6, 6.07) is 5.60. The molecule has 28 heavy (non-hydrogen) atoms. The predicted molar refractivity (Wildman–Crippen MR) is 125 cm³/mol. The van der Waals surface area contributed by atoms with E-state index < -0.39 is 28.5 Å². The Kier molecular flexibility index (Phi) is 9.16. The van der Waals surface area contributed by atoms with Gasteiger partial charge in [0.1, 0.15) is 11.5 Å². The average Bonchev–Trinajstić information content (AvgIpc) is 2.45. The van der Waals surface area contributed by atoms with Crippen molar-refractivity contribution in [2.24, 2.45) is 0 Å². The molecule has 4 nitrogen and oxygen atoms in total. The SMILES string of the molecule is CC(C(=O)O)c1ccc(O[Si](C)(C)C(C)(C)C)c(O[Si](C)(C)C(C)(C)C)c1.[NaH]. The minimum atomic E-state index is -2.10. The summed E-state index contributed by atoms with van der Waals surface area (Å²) in [5.74, 6) is -0.0233. The molecule has 7 heteroatoms. The van der Waals surface area contributed by atoms with Gasteiger partial charge >= 0.3 is 35.5 Å². The average molecular weight is 435 g/mol. The molecule has 0 aliphatic heterocycles. The van der Waals surface area contributed by atoms with Crippen LogP contribution in [0.4, 0.5) is 0 Å². The number of hydrogen-bond donors (Lipinski definition) is 1. The molecule has 1 atom stereocenters. The molecule has 0 saturated heterocycles. The second-order valence-corrected chi connectivity index (χ2v) is 19.9. The number of hydrogen-bond acceptors (Lipinski definition) is 3. The van der Waals surface area contributed by atoms with E-state index in [0.29, 0.717) is 5.75 Å². The van der Waals surface area contributed by atoms with Crippen LogP contribution in [0.3, 0.4) is 0 Å². The van der Waals surface area contributed by atoms with Crippen LogP contribution in [-0.4, -0.2) is 57.3 Å². The number of aliphatic carboxylic acids is 1. The fourth-order valence-electron chi connectivity index (χ4n) is 1.96. The summed E-state index contributed by atoms with van der Waals surface area (Å²) in [6.07, 6.45) is 0. The van der Waals surface area contributed by atoms with Crippen molar-refractivity contribution in [3.05, 3.63) is 23.8 Å². The Balaban J connectivity index is 0.00000729. The Bertz CT molecular complexity index is 689. The third-order valence-corrected chi connectivity index (χ3v) is 14.9. The monoisotopic (exact) mass is 434 g/mol. The number of rotatable bonds is 6. The Morgan fingerprint density at radius 3 is 1.64 bits per heavy atom. The zero-order valence-corrected chi connectivity index (χ0v) is 21.0. The predicted octanol–water partition coefficient (Wildman–Crippen LogP) is 5.99. The molecule has 156 valence electrons. The van der Waals surface area contributed by atoms with E-state index in [-0.39, 0.29) is 39.6 Å². The van der Waals surface area contributed by atoms with Crippen LogP contribution in [0, 0.1) is 0 Å². The first-order chi connectivity index (χ1) is 11.9. The van der Waals surface area contributed by atoms with Crippen LogP contribution in [-0.2, 0) is 4.79 Å². The van der Waals surface area contributed by atoms with E-state index in [9.17, 15) is 9.90 Å². The van der Waals surface area contributed by atoms with Gasteiger partial charge in [0.2, 0.25) is 0 Å². The van der Waals surface area contributed by atoms with Gasteiger partial charge in [-0.3, -0.25) is 4.79 Å². The van der Waals surface area contributed by atoms with E-state index >= 15 is 0 Å². The van der Waals surface area contributed by atoms with Gasteiger partial charge in [-0.15, -0.1) is 0 Å². The van der Waals surface area contributed by atoms with Crippen molar-refractivity contribution in [2.75, 3.05) is 0 Å². The van der Waals surface area contributed by atoms with Gasteiger partial charge in [0.05, 0.1) is 5.92 Å². The van der Waals surface area contributed by atoms with E-state index in [4.69, 9.17) is 8.85 Å². The summed E-state index contributed by atoms with van der Waals surface area (Å²) in [5, 5.41) is 9.50. The van der Waals surface area contributed by atoms with Crippen LogP contribution in [0.5, 0.6) is 11.5 Å². The summed E-state index contributed by atoms with van der Waals surface area (Å²) in [5.41, 5.74) is 0.735. The zero-order valence-electron chi connectivity index (χ0n) is 19.0. The first-order valence-electron chi connectivity index (χ1n) is 9.64. The molecule has 0 radical (unpaired) electrons. The normalized spacial score (nSPS) is 14.1. The Hall–Kier alpha value is -0.276. The van der Waals surface area contributed by atoms with E-state index in [1.165, 1.54) is 0 Å². The summed E-state index contributed by atoms with van der Waals surface area (Å²) >= 11 is 0. The van der Waals surface area contributed by atoms with Crippen LogP contribution < -0.4 is 8.85 Å². The summed E-state index contributed by atoms with van der Waals surface area (Å²) in [7, 11) is -4.14. The van der Waals surface area contributed by atoms with Crippen molar-refractivity contribution < 1.29 is 18.8 Å². The van der Waals surface area contributed by atoms with Gasteiger partial charge < -0.3 is 14.0 Å². The molecule has 1 N–H and O–H groups in total. The third kappa shape index (κ3) is 6.62. The van der Waals surface area contributed by atoms with Crippen LogP contribution in [0.2, 0.25) is 36.3 Å². The Labute approximate surface area is 196 Å². The second-order valence-electron chi connectivity index (χ2n) is 10.5. The second kappa shape index (κ2) is 9.25. The molecule has 1 aromatic carbocycles. The molecule has 0 aliphatic rings. The number of carbonyl (C=O) groups is 1. The van der Waals surface area contributed by atoms with Gasteiger partial charge in [-0.1, -0.05) is 47.6 Å². The molecule has 1 rings (SSSR count). The van der Waals surface area contributed by atoms with Gasteiger partial charge in [0.25, 0.3) is 16.6 Å². The molecule has 0 bridgehead atoms. The summed E-state index contributed by atoms with van der Waals surface area (Å²) < 4.78 is 13.1. The molecule has 0 fully saturated rings. The molecular weight excluding hydrogens is 395 g/mol. The van der Waals surface area contributed by atoms with Crippen molar-refractivity contribution >= 4 is 52.2 Å². The fraction of sp³-hybridized carbons (Fsp3) is 0.667. The van der Waals surface area contributed by atoms with Gasteiger partial charge in [0.15, 0.2) is 0 Å². The molecule has 0 spiro atoms. The maximum atomic E-state index is 11.4. The molecular formula is C21H39NaO4Si2. The van der Waals surface area contributed by atoms with Crippen LogP contribution in [0.25, 0.3) is 0 Å². The summed E-state index contributed by atoms with van der Waals surface area (Å²) in [4.78, 5) is 11.4. The number of carboxylic acids is 1. The molecule has 0 heterocycles. The quantitative estimate of drug-likeness (QED) is 0.558. The van der Waals surface area contributed by atoms with Crippen molar-refractivity contribution in [3.63, 3.8) is 0 Å². The molecule has 0 aromatic heterocycles. The Morgan fingerprint density at radius 1 is 0.893 bits per heavy atom. The standard InChI is InChI=1S/C21H38O4Si2.Na.H/c1-15(19(22)23)16-12-13-17(24-26(8,9)20(2,3)4)18(14-16)25-27(10,11)21(5,6)7;;/h12-15H,1-11H3,(H,22,23);;. The molecule has 0 aliphatic carbocycles. The number of benzene rings is 1. The van der Waals surface area contributed by atoms with E-state index in [1.54, 1.807) is 6.92 Å².